The third-order valence-corrected chi connectivity index (χ3v) is 3.72. The predicted molar refractivity (Wildman–Crippen MR) is 66.4 cm³/mol. The zero-order valence-electron chi connectivity index (χ0n) is 10.6. The molecule has 1 aromatic rings. The lowest BCUT2D eigenvalue weighted by atomic mass is 10.1. The second kappa shape index (κ2) is 4.84. The molecular formula is C13H18N2O3. The van der Waals surface area contributed by atoms with Gasteiger partial charge in [-0.05, 0) is 38.3 Å². The second-order valence-electron chi connectivity index (χ2n) is 4.94. The van der Waals surface area contributed by atoms with Crippen LogP contribution in [0.3, 0.4) is 0 Å². The molecule has 2 atom stereocenters. The van der Waals surface area contributed by atoms with Gasteiger partial charge in [0.1, 0.15) is 5.69 Å². The number of carbonyl (C=O) groups is 2. The lowest BCUT2D eigenvalue weighted by Gasteiger charge is -2.13. The van der Waals surface area contributed by atoms with Gasteiger partial charge in [-0.1, -0.05) is 0 Å². The van der Waals surface area contributed by atoms with Crippen LogP contribution < -0.4 is 5.32 Å². The van der Waals surface area contributed by atoms with Gasteiger partial charge in [0.2, 0.25) is 0 Å². The molecule has 2 N–H and O–H groups in total. The highest BCUT2D eigenvalue weighted by Gasteiger charge is 2.30. The number of aryl methyl sites for hydroxylation is 1. The Balaban J connectivity index is 1.97. The zero-order chi connectivity index (χ0) is 13.3. The fraction of sp³-hybridized carbons (Fsp3) is 0.538. The molecular weight excluding hydrogens is 232 g/mol. The van der Waals surface area contributed by atoms with Crippen LogP contribution in [0.5, 0.6) is 0 Å². The van der Waals surface area contributed by atoms with Gasteiger partial charge >= 0.3 is 5.97 Å². The molecule has 1 saturated carbocycles. The fourth-order valence-electron chi connectivity index (χ4n) is 2.44. The monoisotopic (exact) mass is 250 g/mol. The molecule has 0 aromatic carbocycles. The average Bonchev–Trinajstić information content (AvgIpc) is 2.88. The third-order valence-electron chi connectivity index (χ3n) is 3.72. The molecule has 1 fully saturated rings. The van der Waals surface area contributed by atoms with Crippen molar-refractivity contribution in [3.63, 3.8) is 0 Å². The van der Waals surface area contributed by atoms with Gasteiger partial charge in [0.25, 0.3) is 5.91 Å². The van der Waals surface area contributed by atoms with E-state index < -0.39 is 5.97 Å². The molecule has 1 heterocycles. The molecule has 0 spiro atoms. The Morgan fingerprint density at radius 1 is 1.39 bits per heavy atom. The first-order chi connectivity index (χ1) is 8.49. The van der Waals surface area contributed by atoms with E-state index in [0.717, 1.165) is 12.1 Å². The number of carbonyl (C=O) groups excluding carboxylic acids is 1. The van der Waals surface area contributed by atoms with Crippen molar-refractivity contribution in [3.05, 3.63) is 23.5 Å². The molecule has 0 aliphatic heterocycles. The highest BCUT2D eigenvalue weighted by molar-refractivity contribution is 5.93. The molecule has 1 amide bonds. The standard InChI is InChI=1S/C13H18N2O3/c1-8-3-6-11(15(8)2)12(16)14-10-5-4-9(7-10)13(17)18/h3,6,9-10H,4-5,7H2,1-2H3,(H,14,16)(H,17,18). The maximum Gasteiger partial charge on any atom is 0.306 e. The van der Waals surface area contributed by atoms with Gasteiger partial charge in [-0.3, -0.25) is 9.59 Å². The molecule has 2 unspecified atom stereocenters. The Morgan fingerprint density at radius 2 is 2.11 bits per heavy atom. The van der Waals surface area contributed by atoms with E-state index in [2.05, 4.69) is 5.32 Å². The van der Waals surface area contributed by atoms with Crippen LogP contribution in [0, 0.1) is 12.8 Å². The normalized spacial score (nSPS) is 23.0. The van der Waals surface area contributed by atoms with E-state index in [-0.39, 0.29) is 17.9 Å². The number of rotatable bonds is 3. The first-order valence-electron chi connectivity index (χ1n) is 6.15. The number of hydrogen-bond acceptors (Lipinski definition) is 2. The molecule has 2 rings (SSSR count). The topological polar surface area (TPSA) is 71.3 Å². The van der Waals surface area contributed by atoms with Gasteiger partial charge in [-0.2, -0.15) is 0 Å². The minimum Gasteiger partial charge on any atom is -0.481 e. The molecule has 1 aliphatic carbocycles. The fourth-order valence-corrected chi connectivity index (χ4v) is 2.44. The minimum absolute atomic E-state index is 0.0196. The Morgan fingerprint density at radius 3 is 2.61 bits per heavy atom. The number of hydrogen-bond donors (Lipinski definition) is 2. The Hall–Kier alpha value is -1.78. The summed E-state index contributed by atoms with van der Waals surface area (Å²) in [4.78, 5) is 22.9. The summed E-state index contributed by atoms with van der Waals surface area (Å²) in [6.07, 6.45) is 1.92. The number of aliphatic carboxylic acids is 1. The Labute approximate surface area is 106 Å². The maximum absolute atomic E-state index is 12.0. The third kappa shape index (κ3) is 2.39. The van der Waals surface area contributed by atoms with Gasteiger partial charge < -0.3 is 15.0 Å². The SMILES string of the molecule is Cc1ccc(C(=O)NC2CCC(C(=O)O)C2)n1C. The molecule has 5 heteroatoms. The first-order valence-corrected chi connectivity index (χ1v) is 6.15. The largest absolute Gasteiger partial charge is 0.481 e. The number of amides is 1. The van der Waals surface area contributed by atoms with E-state index in [1.165, 1.54) is 0 Å². The lowest BCUT2D eigenvalue weighted by molar-refractivity contribution is -0.141. The van der Waals surface area contributed by atoms with Crippen LogP contribution in [0.4, 0.5) is 0 Å². The van der Waals surface area contributed by atoms with Gasteiger partial charge in [-0.15, -0.1) is 0 Å². The Kier molecular flexibility index (Phi) is 3.41. The average molecular weight is 250 g/mol. The van der Waals surface area contributed by atoms with Gasteiger partial charge in [0, 0.05) is 18.8 Å². The van der Waals surface area contributed by atoms with E-state index in [1.807, 2.05) is 24.6 Å². The molecule has 98 valence electrons. The van der Waals surface area contributed by atoms with E-state index >= 15 is 0 Å². The number of nitrogens with zero attached hydrogens (tertiary/aromatic N) is 1. The molecule has 0 saturated heterocycles. The van der Waals surface area contributed by atoms with Crippen LogP contribution in [0.2, 0.25) is 0 Å². The zero-order valence-corrected chi connectivity index (χ0v) is 10.6. The lowest BCUT2D eigenvalue weighted by Crippen LogP contribution is -2.34. The maximum atomic E-state index is 12.0. The summed E-state index contributed by atoms with van der Waals surface area (Å²) in [5.41, 5.74) is 1.64. The van der Waals surface area contributed by atoms with Crippen LogP contribution >= 0.6 is 0 Å². The molecule has 1 aliphatic rings. The summed E-state index contributed by atoms with van der Waals surface area (Å²) in [5, 5.41) is 11.8. The molecule has 18 heavy (non-hydrogen) atoms. The van der Waals surface area contributed by atoms with E-state index in [0.29, 0.717) is 18.5 Å². The number of nitrogens with one attached hydrogen (secondary N) is 1. The van der Waals surface area contributed by atoms with Crippen molar-refractivity contribution in [2.24, 2.45) is 13.0 Å². The summed E-state index contributed by atoms with van der Waals surface area (Å²) < 4.78 is 1.83. The summed E-state index contributed by atoms with van der Waals surface area (Å²) in [5.74, 6) is -1.20. The van der Waals surface area contributed by atoms with Gasteiger partial charge in [0.05, 0.1) is 5.92 Å². The summed E-state index contributed by atoms with van der Waals surface area (Å²) >= 11 is 0. The van der Waals surface area contributed by atoms with Crippen molar-refractivity contribution in [2.45, 2.75) is 32.2 Å². The smallest absolute Gasteiger partial charge is 0.306 e. The van der Waals surface area contributed by atoms with Crippen molar-refractivity contribution < 1.29 is 14.7 Å². The highest BCUT2D eigenvalue weighted by atomic mass is 16.4. The van der Waals surface area contributed by atoms with Crippen LogP contribution in [0.1, 0.15) is 35.4 Å². The van der Waals surface area contributed by atoms with Gasteiger partial charge in [-0.25, -0.2) is 0 Å². The quantitative estimate of drug-likeness (QED) is 0.849. The van der Waals surface area contributed by atoms with Crippen LogP contribution in [-0.4, -0.2) is 27.6 Å². The Bertz CT molecular complexity index is 479. The molecule has 1 aromatic heterocycles. The molecule has 0 bridgehead atoms. The van der Waals surface area contributed by atoms with Crippen molar-refractivity contribution in [1.82, 2.24) is 9.88 Å². The number of carboxylic acid groups (broad SMARTS) is 1. The highest BCUT2D eigenvalue weighted by Crippen LogP contribution is 2.25. The van der Waals surface area contributed by atoms with E-state index in [9.17, 15) is 9.59 Å². The van der Waals surface area contributed by atoms with Crippen molar-refractivity contribution >= 4 is 11.9 Å². The van der Waals surface area contributed by atoms with Crippen LogP contribution in [0.25, 0.3) is 0 Å². The van der Waals surface area contributed by atoms with Crippen molar-refractivity contribution in [1.29, 1.82) is 0 Å². The molecule has 0 radical (unpaired) electrons. The number of aromatic nitrogens is 1. The first kappa shape index (κ1) is 12.7. The van der Waals surface area contributed by atoms with Crippen molar-refractivity contribution in [2.75, 3.05) is 0 Å². The van der Waals surface area contributed by atoms with E-state index in [1.54, 1.807) is 6.07 Å². The van der Waals surface area contributed by atoms with Gasteiger partial charge in [0.15, 0.2) is 0 Å². The summed E-state index contributed by atoms with van der Waals surface area (Å²) in [7, 11) is 1.85. The number of carboxylic acids is 1. The van der Waals surface area contributed by atoms with Crippen molar-refractivity contribution in [3.8, 4) is 0 Å². The predicted octanol–water partition coefficient (Wildman–Crippen LogP) is 1.32. The minimum atomic E-state index is -0.763. The van der Waals surface area contributed by atoms with Crippen LogP contribution in [0.15, 0.2) is 12.1 Å². The summed E-state index contributed by atoms with van der Waals surface area (Å²) in [6.45, 7) is 1.94. The van der Waals surface area contributed by atoms with E-state index in [4.69, 9.17) is 5.11 Å². The molecule has 5 nitrogen and oxygen atoms in total. The summed E-state index contributed by atoms with van der Waals surface area (Å²) in [6, 6.07) is 3.66. The second-order valence-corrected chi connectivity index (χ2v) is 4.94. The van der Waals surface area contributed by atoms with Crippen LogP contribution in [-0.2, 0) is 11.8 Å².